The Kier molecular flexibility index (Phi) is 6.47. The van der Waals surface area contributed by atoms with Crippen molar-refractivity contribution in [1.29, 1.82) is 0 Å². The third-order valence-electron chi connectivity index (χ3n) is 5.26. The molecule has 0 radical (unpaired) electrons. The van der Waals surface area contributed by atoms with Gasteiger partial charge in [-0.1, -0.05) is 17.7 Å². The Hall–Kier alpha value is -1.59. The van der Waals surface area contributed by atoms with Crippen LogP contribution in [0.4, 0.5) is 5.69 Å². The highest BCUT2D eigenvalue weighted by Gasteiger charge is 2.40. The minimum atomic E-state index is -0.252. The average Bonchev–Trinajstić information content (AvgIpc) is 2.96. The maximum atomic E-state index is 13.0. The summed E-state index contributed by atoms with van der Waals surface area (Å²) in [4.78, 5) is 29.1. The number of carbonyl (C=O) groups excluding carboxylic acids is 2. The molecular weight excluding hydrogens is 338 g/mol. The van der Waals surface area contributed by atoms with Gasteiger partial charge in [0.1, 0.15) is 0 Å². The van der Waals surface area contributed by atoms with E-state index in [1.54, 1.807) is 4.90 Å². The van der Waals surface area contributed by atoms with Crippen LogP contribution in [0.25, 0.3) is 0 Å². The van der Waals surface area contributed by atoms with Crippen molar-refractivity contribution in [3.8, 4) is 0 Å². The van der Waals surface area contributed by atoms with Crippen LogP contribution in [-0.2, 0) is 9.59 Å². The number of likely N-dealkylation sites (tertiary alicyclic amines) is 1. The SMILES string of the molecule is Cc1ccc(N2CC(C(=O)N3CCCCC3C(C)N)CC2=O)cc1.Cl. The highest BCUT2D eigenvalue weighted by molar-refractivity contribution is 6.00. The van der Waals surface area contributed by atoms with Crippen LogP contribution in [-0.4, -0.2) is 41.9 Å². The molecule has 3 atom stereocenters. The van der Waals surface area contributed by atoms with Gasteiger partial charge >= 0.3 is 0 Å². The molecule has 138 valence electrons. The Morgan fingerprint density at radius 1 is 1.24 bits per heavy atom. The molecular formula is C19H28ClN3O2. The van der Waals surface area contributed by atoms with E-state index in [0.29, 0.717) is 13.0 Å². The number of aryl methyl sites for hydroxylation is 1. The summed E-state index contributed by atoms with van der Waals surface area (Å²) in [5.74, 6) is -0.121. The van der Waals surface area contributed by atoms with Crippen molar-refractivity contribution in [1.82, 2.24) is 4.90 Å². The van der Waals surface area contributed by atoms with Gasteiger partial charge in [0.25, 0.3) is 0 Å². The zero-order valence-corrected chi connectivity index (χ0v) is 15.8. The highest BCUT2D eigenvalue weighted by atomic mass is 35.5. The number of rotatable bonds is 3. The molecule has 1 aromatic rings. The van der Waals surface area contributed by atoms with Gasteiger partial charge in [-0.3, -0.25) is 9.59 Å². The second-order valence-electron chi connectivity index (χ2n) is 7.19. The van der Waals surface area contributed by atoms with E-state index in [2.05, 4.69) is 0 Å². The lowest BCUT2D eigenvalue weighted by molar-refractivity contribution is -0.139. The Morgan fingerprint density at radius 3 is 2.56 bits per heavy atom. The summed E-state index contributed by atoms with van der Waals surface area (Å²) in [6, 6.07) is 7.97. The van der Waals surface area contributed by atoms with Crippen LogP contribution in [0, 0.1) is 12.8 Å². The van der Waals surface area contributed by atoms with Crippen molar-refractivity contribution in [3.05, 3.63) is 29.8 Å². The first-order chi connectivity index (χ1) is 11.5. The Labute approximate surface area is 155 Å². The van der Waals surface area contributed by atoms with E-state index in [-0.39, 0.29) is 42.2 Å². The summed E-state index contributed by atoms with van der Waals surface area (Å²) in [5, 5.41) is 0. The van der Waals surface area contributed by atoms with Gasteiger partial charge in [0.05, 0.1) is 5.92 Å². The highest BCUT2D eigenvalue weighted by Crippen LogP contribution is 2.29. The number of nitrogens with zero attached hydrogens (tertiary/aromatic N) is 2. The van der Waals surface area contributed by atoms with Gasteiger partial charge < -0.3 is 15.5 Å². The third-order valence-corrected chi connectivity index (χ3v) is 5.26. The van der Waals surface area contributed by atoms with Crippen molar-refractivity contribution in [3.63, 3.8) is 0 Å². The number of hydrogen-bond acceptors (Lipinski definition) is 3. The topological polar surface area (TPSA) is 66.6 Å². The maximum Gasteiger partial charge on any atom is 0.228 e. The number of hydrogen-bond donors (Lipinski definition) is 1. The molecule has 2 aliphatic heterocycles. The van der Waals surface area contributed by atoms with E-state index in [4.69, 9.17) is 5.73 Å². The molecule has 2 N–H and O–H groups in total. The largest absolute Gasteiger partial charge is 0.338 e. The van der Waals surface area contributed by atoms with Gasteiger partial charge in [0.15, 0.2) is 0 Å². The lowest BCUT2D eigenvalue weighted by Gasteiger charge is -2.39. The summed E-state index contributed by atoms with van der Waals surface area (Å²) >= 11 is 0. The molecule has 2 amide bonds. The second-order valence-corrected chi connectivity index (χ2v) is 7.19. The van der Waals surface area contributed by atoms with Gasteiger partial charge in [0, 0.05) is 37.3 Å². The maximum absolute atomic E-state index is 13.0. The predicted octanol–water partition coefficient (Wildman–Crippen LogP) is 2.50. The van der Waals surface area contributed by atoms with Crippen molar-refractivity contribution >= 4 is 29.9 Å². The standard InChI is InChI=1S/C19H27N3O2.ClH/c1-13-6-8-16(9-7-13)22-12-15(11-18(22)23)19(24)21-10-4-3-5-17(21)14(2)20;/h6-9,14-15,17H,3-5,10-12,20H2,1-2H3;1H. The molecule has 0 aromatic heterocycles. The molecule has 0 saturated carbocycles. The van der Waals surface area contributed by atoms with Crippen molar-refractivity contribution in [2.45, 2.75) is 51.6 Å². The molecule has 2 saturated heterocycles. The molecule has 1 aromatic carbocycles. The fourth-order valence-electron chi connectivity index (χ4n) is 3.86. The Balaban J connectivity index is 0.00000225. The number of carbonyl (C=O) groups is 2. The molecule has 2 aliphatic rings. The van der Waals surface area contributed by atoms with E-state index in [9.17, 15) is 9.59 Å². The van der Waals surface area contributed by atoms with Crippen molar-refractivity contribution < 1.29 is 9.59 Å². The number of amides is 2. The fourth-order valence-corrected chi connectivity index (χ4v) is 3.86. The normalized spacial score (nSPS) is 24.8. The van der Waals surface area contributed by atoms with Gasteiger partial charge in [-0.05, 0) is 45.2 Å². The van der Waals surface area contributed by atoms with Gasteiger partial charge in [0.2, 0.25) is 11.8 Å². The lowest BCUT2D eigenvalue weighted by Crippen LogP contribution is -2.53. The second kappa shape index (κ2) is 8.19. The van der Waals surface area contributed by atoms with Gasteiger partial charge in [-0.2, -0.15) is 0 Å². The molecule has 0 bridgehead atoms. The average molecular weight is 366 g/mol. The summed E-state index contributed by atoms with van der Waals surface area (Å²) in [7, 11) is 0. The first-order valence-electron chi connectivity index (χ1n) is 8.90. The Bertz CT molecular complexity index is 618. The monoisotopic (exact) mass is 365 g/mol. The third kappa shape index (κ3) is 4.15. The van der Waals surface area contributed by atoms with Crippen LogP contribution in [0.5, 0.6) is 0 Å². The molecule has 5 nitrogen and oxygen atoms in total. The zero-order chi connectivity index (χ0) is 17.3. The quantitative estimate of drug-likeness (QED) is 0.894. The first kappa shape index (κ1) is 19.7. The van der Waals surface area contributed by atoms with Crippen molar-refractivity contribution in [2.75, 3.05) is 18.0 Å². The van der Waals surface area contributed by atoms with E-state index in [1.807, 2.05) is 43.0 Å². The summed E-state index contributed by atoms with van der Waals surface area (Å²) in [6.45, 7) is 5.23. The fraction of sp³-hybridized carbons (Fsp3) is 0.579. The number of piperidine rings is 1. The number of nitrogens with two attached hydrogens (primary N) is 1. The molecule has 0 aliphatic carbocycles. The zero-order valence-electron chi connectivity index (χ0n) is 15.0. The minimum absolute atomic E-state index is 0. The van der Waals surface area contributed by atoms with Crippen LogP contribution < -0.4 is 10.6 Å². The van der Waals surface area contributed by atoms with Crippen molar-refractivity contribution in [2.24, 2.45) is 11.7 Å². The van der Waals surface area contributed by atoms with Crippen LogP contribution in [0.2, 0.25) is 0 Å². The van der Waals surface area contributed by atoms with Crippen LogP contribution >= 0.6 is 12.4 Å². The molecule has 3 unspecified atom stereocenters. The van der Waals surface area contributed by atoms with E-state index in [0.717, 1.165) is 37.1 Å². The predicted molar refractivity (Wildman–Crippen MR) is 102 cm³/mol. The van der Waals surface area contributed by atoms with Crippen LogP contribution in [0.15, 0.2) is 24.3 Å². The summed E-state index contributed by atoms with van der Waals surface area (Å²) in [6.07, 6.45) is 3.41. The van der Waals surface area contributed by atoms with E-state index < -0.39 is 0 Å². The molecule has 3 rings (SSSR count). The van der Waals surface area contributed by atoms with Gasteiger partial charge in [-0.15, -0.1) is 12.4 Å². The van der Waals surface area contributed by atoms with Gasteiger partial charge in [-0.25, -0.2) is 0 Å². The molecule has 6 heteroatoms. The first-order valence-corrected chi connectivity index (χ1v) is 8.90. The van der Waals surface area contributed by atoms with Crippen LogP contribution in [0.3, 0.4) is 0 Å². The summed E-state index contributed by atoms with van der Waals surface area (Å²) in [5.41, 5.74) is 8.12. The smallest absolute Gasteiger partial charge is 0.228 e. The lowest BCUT2D eigenvalue weighted by atomic mass is 9.94. The van der Waals surface area contributed by atoms with E-state index in [1.165, 1.54) is 0 Å². The number of benzene rings is 1. The number of halogens is 1. The molecule has 2 heterocycles. The Morgan fingerprint density at radius 2 is 1.92 bits per heavy atom. The molecule has 25 heavy (non-hydrogen) atoms. The summed E-state index contributed by atoms with van der Waals surface area (Å²) < 4.78 is 0. The minimum Gasteiger partial charge on any atom is -0.338 e. The molecule has 0 spiro atoms. The van der Waals surface area contributed by atoms with E-state index >= 15 is 0 Å². The number of anilines is 1. The molecule has 2 fully saturated rings. The van der Waals surface area contributed by atoms with Crippen LogP contribution in [0.1, 0.15) is 38.2 Å².